The molecule has 3 rings (SSSR count). The van der Waals surface area contributed by atoms with Crippen molar-refractivity contribution in [2.45, 2.75) is 33.2 Å². The monoisotopic (exact) mass is 402 g/mol. The molecule has 0 saturated carbocycles. The Kier molecular flexibility index (Phi) is 6.14. The number of carbonyl (C=O) groups excluding carboxylic acids is 1. The van der Waals surface area contributed by atoms with E-state index in [9.17, 15) is 4.79 Å². The first-order valence-electron chi connectivity index (χ1n) is 8.79. The highest BCUT2D eigenvalue weighted by Crippen LogP contribution is 2.27. The molecule has 5 nitrogen and oxygen atoms in total. The van der Waals surface area contributed by atoms with Crippen LogP contribution in [-0.4, -0.2) is 20.7 Å². The Morgan fingerprint density at radius 2 is 1.93 bits per heavy atom. The highest BCUT2D eigenvalue weighted by molar-refractivity contribution is 6.42. The van der Waals surface area contributed by atoms with E-state index in [0.717, 1.165) is 22.8 Å². The number of pyridine rings is 1. The topological polar surface area (TPSA) is 59.8 Å². The van der Waals surface area contributed by atoms with E-state index in [1.807, 2.05) is 38.1 Å². The van der Waals surface area contributed by atoms with Crippen LogP contribution in [0.3, 0.4) is 0 Å². The first-order valence-corrected chi connectivity index (χ1v) is 9.55. The zero-order valence-electron chi connectivity index (χ0n) is 15.2. The lowest BCUT2D eigenvalue weighted by molar-refractivity contribution is 0.0948. The molecule has 0 radical (unpaired) electrons. The van der Waals surface area contributed by atoms with Crippen LogP contribution in [0.1, 0.15) is 41.3 Å². The van der Waals surface area contributed by atoms with Gasteiger partial charge < -0.3 is 5.32 Å². The molecular weight excluding hydrogens is 383 g/mol. The van der Waals surface area contributed by atoms with Crippen molar-refractivity contribution in [3.8, 4) is 5.69 Å². The van der Waals surface area contributed by atoms with E-state index in [4.69, 9.17) is 23.2 Å². The zero-order chi connectivity index (χ0) is 19.4. The van der Waals surface area contributed by atoms with Crippen molar-refractivity contribution in [2.75, 3.05) is 0 Å². The molecule has 0 aliphatic heterocycles. The number of carbonyl (C=O) groups is 1. The minimum Gasteiger partial charge on any atom is -0.346 e. The van der Waals surface area contributed by atoms with Gasteiger partial charge in [-0.25, -0.2) is 4.68 Å². The number of aryl methyl sites for hydroxylation is 1. The van der Waals surface area contributed by atoms with E-state index in [-0.39, 0.29) is 5.91 Å². The second-order valence-electron chi connectivity index (χ2n) is 5.99. The highest BCUT2D eigenvalue weighted by Gasteiger charge is 2.22. The molecule has 7 heteroatoms. The van der Waals surface area contributed by atoms with Crippen molar-refractivity contribution in [2.24, 2.45) is 0 Å². The molecule has 2 aromatic heterocycles. The van der Waals surface area contributed by atoms with Crippen LogP contribution in [0.2, 0.25) is 10.0 Å². The van der Waals surface area contributed by atoms with Crippen LogP contribution in [0.4, 0.5) is 0 Å². The Morgan fingerprint density at radius 1 is 1.11 bits per heavy atom. The van der Waals surface area contributed by atoms with Crippen molar-refractivity contribution in [3.05, 3.63) is 75.3 Å². The van der Waals surface area contributed by atoms with E-state index in [1.54, 1.807) is 23.0 Å². The number of hydrogen-bond donors (Lipinski definition) is 1. The Bertz CT molecular complexity index is 954. The van der Waals surface area contributed by atoms with E-state index in [2.05, 4.69) is 15.4 Å². The summed E-state index contributed by atoms with van der Waals surface area (Å²) in [5.74, 6) is -0.152. The standard InChI is InChI=1S/C20H20Cl2N4O/c1-3-17-19(20(27)24-12-13-7-5-6-10-23-13)18(4-2)26(25-17)14-8-9-15(21)16(22)11-14/h5-11H,3-4,12H2,1-2H3,(H,24,27). The normalized spacial score (nSPS) is 10.8. The lowest BCUT2D eigenvalue weighted by Crippen LogP contribution is -2.25. The van der Waals surface area contributed by atoms with Gasteiger partial charge in [0.25, 0.3) is 5.91 Å². The van der Waals surface area contributed by atoms with Crippen LogP contribution in [0.15, 0.2) is 42.6 Å². The number of benzene rings is 1. The van der Waals surface area contributed by atoms with Gasteiger partial charge in [-0.3, -0.25) is 9.78 Å². The van der Waals surface area contributed by atoms with E-state index in [0.29, 0.717) is 35.0 Å². The average Bonchev–Trinajstić information content (AvgIpc) is 3.07. The fourth-order valence-electron chi connectivity index (χ4n) is 2.93. The average molecular weight is 403 g/mol. The molecule has 140 valence electrons. The Morgan fingerprint density at radius 3 is 2.56 bits per heavy atom. The summed E-state index contributed by atoms with van der Waals surface area (Å²) in [7, 11) is 0. The molecule has 0 spiro atoms. The van der Waals surface area contributed by atoms with Gasteiger partial charge in [0.05, 0.1) is 44.9 Å². The first kappa shape index (κ1) is 19.4. The third-order valence-electron chi connectivity index (χ3n) is 4.25. The molecule has 0 fully saturated rings. The van der Waals surface area contributed by atoms with Gasteiger partial charge in [0.15, 0.2) is 0 Å². The number of hydrogen-bond acceptors (Lipinski definition) is 3. The summed E-state index contributed by atoms with van der Waals surface area (Å²) in [6.07, 6.45) is 3.01. The molecule has 3 aromatic rings. The molecule has 0 atom stereocenters. The van der Waals surface area contributed by atoms with Crippen LogP contribution < -0.4 is 5.32 Å². The smallest absolute Gasteiger partial charge is 0.255 e. The van der Waals surface area contributed by atoms with Gasteiger partial charge in [-0.15, -0.1) is 0 Å². The summed E-state index contributed by atoms with van der Waals surface area (Å²) in [6.45, 7) is 4.35. The fourth-order valence-corrected chi connectivity index (χ4v) is 3.22. The van der Waals surface area contributed by atoms with Gasteiger partial charge in [-0.05, 0) is 43.2 Å². The zero-order valence-corrected chi connectivity index (χ0v) is 16.7. The summed E-state index contributed by atoms with van der Waals surface area (Å²) in [5.41, 5.74) is 3.78. The maximum atomic E-state index is 12.9. The van der Waals surface area contributed by atoms with Gasteiger partial charge in [0.2, 0.25) is 0 Å². The molecule has 0 aliphatic rings. The minimum atomic E-state index is -0.152. The van der Waals surface area contributed by atoms with Gasteiger partial charge in [-0.2, -0.15) is 5.10 Å². The van der Waals surface area contributed by atoms with E-state index >= 15 is 0 Å². The SMILES string of the molecule is CCc1nn(-c2ccc(Cl)c(Cl)c2)c(CC)c1C(=O)NCc1ccccn1. The molecule has 1 aromatic carbocycles. The second kappa shape index (κ2) is 8.55. The molecular formula is C20H20Cl2N4O. The van der Waals surface area contributed by atoms with E-state index < -0.39 is 0 Å². The molecule has 0 saturated heterocycles. The lowest BCUT2D eigenvalue weighted by atomic mass is 10.1. The summed E-state index contributed by atoms with van der Waals surface area (Å²) in [5, 5.41) is 8.53. The highest BCUT2D eigenvalue weighted by atomic mass is 35.5. The van der Waals surface area contributed by atoms with Crippen LogP contribution in [0, 0.1) is 0 Å². The van der Waals surface area contributed by atoms with Crippen molar-refractivity contribution in [1.29, 1.82) is 0 Å². The van der Waals surface area contributed by atoms with Crippen molar-refractivity contribution < 1.29 is 4.79 Å². The largest absolute Gasteiger partial charge is 0.346 e. The summed E-state index contributed by atoms with van der Waals surface area (Å²) < 4.78 is 1.77. The molecule has 2 heterocycles. The summed E-state index contributed by atoms with van der Waals surface area (Å²) in [4.78, 5) is 17.1. The minimum absolute atomic E-state index is 0.152. The number of nitrogens with zero attached hydrogens (tertiary/aromatic N) is 3. The number of halogens is 2. The van der Waals surface area contributed by atoms with Gasteiger partial charge in [0.1, 0.15) is 0 Å². The third kappa shape index (κ3) is 4.15. The Labute approximate surface area is 168 Å². The first-order chi connectivity index (χ1) is 13.0. The lowest BCUT2D eigenvalue weighted by Gasteiger charge is -2.09. The van der Waals surface area contributed by atoms with Crippen molar-refractivity contribution in [3.63, 3.8) is 0 Å². The Hall–Kier alpha value is -2.37. The summed E-state index contributed by atoms with van der Waals surface area (Å²) >= 11 is 12.2. The molecule has 0 aliphatic carbocycles. The number of nitrogens with one attached hydrogen (secondary N) is 1. The number of amides is 1. The van der Waals surface area contributed by atoms with Crippen LogP contribution in [0.25, 0.3) is 5.69 Å². The van der Waals surface area contributed by atoms with Gasteiger partial charge in [0, 0.05) is 6.20 Å². The molecule has 27 heavy (non-hydrogen) atoms. The predicted octanol–water partition coefficient (Wildman–Crippen LogP) is 4.63. The number of aromatic nitrogens is 3. The third-order valence-corrected chi connectivity index (χ3v) is 4.99. The molecule has 0 unspecified atom stereocenters. The fraction of sp³-hybridized carbons (Fsp3) is 0.250. The maximum absolute atomic E-state index is 12.9. The molecule has 1 N–H and O–H groups in total. The Balaban J connectivity index is 1.95. The quantitative estimate of drug-likeness (QED) is 0.653. The van der Waals surface area contributed by atoms with Gasteiger partial charge >= 0.3 is 0 Å². The van der Waals surface area contributed by atoms with Crippen LogP contribution >= 0.6 is 23.2 Å². The van der Waals surface area contributed by atoms with Gasteiger partial charge in [-0.1, -0.05) is 43.1 Å². The van der Waals surface area contributed by atoms with Crippen molar-refractivity contribution >= 4 is 29.1 Å². The van der Waals surface area contributed by atoms with Crippen LogP contribution in [-0.2, 0) is 19.4 Å². The van der Waals surface area contributed by atoms with E-state index in [1.165, 1.54) is 0 Å². The predicted molar refractivity (Wildman–Crippen MR) is 108 cm³/mol. The van der Waals surface area contributed by atoms with Crippen molar-refractivity contribution in [1.82, 2.24) is 20.1 Å². The summed E-state index contributed by atoms with van der Waals surface area (Å²) in [6, 6.07) is 10.9. The second-order valence-corrected chi connectivity index (χ2v) is 6.80. The van der Waals surface area contributed by atoms with Crippen LogP contribution in [0.5, 0.6) is 0 Å². The molecule has 0 bridgehead atoms. The maximum Gasteiger partial charge on any atom is 0.255 e. The molecule has 1 amide bonds. The number of rotatable bonds is 6.